The molecule has 1 aromatic rings. The number of rotatable bonds is 9. The Labute approximate surface area is 116 Å². The number of hydrogen-bond donors (Lipinski definition) is 1. The number of methoxy groups -OCH3 is 1. The second kappa shape index (κ2) is 8.73. The van der Waals surface area contributed by atoms with Gasteiger partial charge >= 0.3 is 0 Å². The van der Waals surface area contributed by atoms with Gasteiger partial charge in [-0.25, -0.2) is 0 Å². The first-order chi connectivity index (χ1) is 9.19. The first-order valence-electron chi connectivity index (χ1n) is 6.73. The minimum Gasteiger partial charge on any atom is -0.489 e. The number of hydrogen-bond acceptors (Lipinski definition) is 3. The Morgan fingerprint density at radius 2 is 2.05 bits per heavy atom. The van der Waals surface area contributed by atoms with Gasteiger partial charge in [-0.05, 0) is 12.0 Å². The minimum absolute atomic E-state index is 0.345. The molecule has 0 radical (unpaired) electrons. The van der Waals surface area contributed by atoms with Crippen molar-refractivity contribution in [2.45, 2.75) is 26.4 Å². The predicted octanol–water partition coefficient (Wildman–Crippen LogP) is 3.01. The Balaban J connectivity index is 2.62. The summed E-state index contributed by atoms with van der Waals surface area (Å²) in [6, 6.07) is 8.42. The van der Waals surface area contributed by atoms with Crippen LogP contribution in [-0.2, 0) is 11.3 Å². The highest BCUT2D eigenvalue weighted by molar-refractivity contribution is 5.33. The van der Waals surface area contributed by atoms with Crippen LogP contribution >= 0.6 is 0 Å². The van der Waals surface area contributed by atoms with E-state index >= 15 is 0 Å². The van der Waals surface area contributed by atoms with E-state index < -0.39 is 0 Å². The molecular weight excluding hydrogens is 238 g/mol. The Hall–Kier alpha value is -1.32. The fourth-order valence-corrected chi connectivity index (χ4v) is 1.85. The van der Waals surface area contributed by atoms with Crippen LogP contribution in [0.15, 0.2) is 36.9 Å². The lowest BCUT2D eigenvalue weighted by Gasteiger charge is -2.22. The number of para-hydroxylation sites is 1. The van der Waals surface area contributed by atoms with Gasteiger partial charge in [0.25, 0.3) is 0 Å². The number of nitrogens with one attached hydrogen (secondary N) is 1. The molecule has 0 aliphatic rings. The molecule has 0 heterocycles. The van der Waals surface area contributed by atoms with Crippen molar-refractivity contribution in [3.8, 4) is 5.75 Å². The van der Waals surface area contributed by atoms with Crippen molar-refractivity contribution < 1.29 is 9.47 Å². The van der Waals surface area contributed by atoms with E-state index in [0.29, 0.717) is 25.2 Å². The van der Waals surface area contributed by atoms with Crippen LogP contribution < -0.4 is 10.1 Å². The zero-order valence-electron chi connectivity index (χ0n) is 12.2. The third-order valence-corrected chi connectivity index (χ3v) is 3.03. The lowest BCUT2D eigenvalue weighted by molar-refractivity contribution is 0.146. The molecule has 106 valence electrons. The van der Waals surface area contributed by atoms with E-state index in [-0.39, 0.29) is 0 Å². The maximum absolute atomic E-state index is 5.65. The molecule has 1 N–H and O–H groups in total. The molecule has 0 fully saturated rings. The maximum Gasteiger partial charge on any atom is 0.124 e. The lowest BCUT2D eigenvalue weighted by Crippen LogP contribution is -2.37. The summed E-state index contributed by atoms with van der Waals surface area (Å²) in [5.41, 5.74) is 1.16. The quantitative estimate of drug-likeness (QED) is 0.695. The molecule has 0 saturated heterocycles. The summed E-state index contributed by atoms with van der Waals surface area (Å²) in [6.07, 6.45) is 1.76. The highest BCUT2D eigenvalue weighted by atomic mass is 16.5. The Bertz CT molecular complexity index is 377. The molecule has 1 atom stereocenters. The van der Waals surface area contributed by atoms with E-state index in [1.165, 1.54) is 0 Å². The van der Waals surface area contributed by atoms with E-state index in [4.69, 9.17) is 9.47 Å². The van der Waals surface area contributed by atoms with Crippen molar-refractivity contribution in [2.24, 2.45) is 5.92 Å². The number of benzene rings is 1. The van der Waals surface area contributed by atoms with Gasteiger partial charge in [-0.1, -0.05) is 44.7 Å². The average molecular weight is 263 g/mol. The molecule has 0 aliphatic heterocycles. The molecule has 0 bridgehead atoms. The van der Waals surface area contributed by atoms with Gasteiger partial charge in [0, 0.05) is 25.3 Å². The summed E-state index contributed by atoms with van der Waals surface area (Å²) >= 11 is 0. The smallest absolute Gasteiger partial charge is 0.124 e. The summed E-state index contributed by atoms with van der Waals surface area (Å²) in [6.45, 7) is 10.1. The molecular formula is C16H25NO2. The van der Waals surface area contributed by atoms with Crippen molar-refractivity contribution >= 4 is 0 Å². The zero-order chi connectivity index (χ0) is 14.1. The fraction of sp³-hybridized carbons (Fsp3) is 0.500. The fourth-order valence-electron chi connectivity index (χ4n) is 1.85. The Kier molecular flexibility index (Phi) is 7.23. The van der Waals surface area contributed by atoms with Gasteiger partial charge in [0.15, 0.2) is 0 Å². The SMILES string of the molecule is C=CCOc1ccccc1CNC(COC)C(C)C. The van der Waals surface area contributed by atoms with Crippen LogP contribution in [0.25, 0.3) is 0 Å². The first kappa shape index (κ1) is 15.7. The van der Waals surface area contributed by atoms with Crippen LogP contribution in [0.5, 0.6) is 5.75 Å². The van der Waals surface area contributed by atoms with E-state index in [2.05, 4.69) is 31.8 Å². The molecule has 19 heavy (non-hydrogen) atoms. The highest BCUT2D eigenvalue weighted by Gasteiger charge is 2.13. The molecule has 0 amide bonds. The molecule has 1 aromatic carbocycles. The van der Waals surface area contributed by atoms with E-state index in [9.17, 15) is 0 Å². The van der Waals surface area contributed by atoms with Crippen molar-refractivity contribution in [2.75, 3.05) is 20.3 Å². The summed E-state index contributed by atoms with van der Waals surface area (Å²) < 4.78 is 10.9. The zero-order valence-corrected chi connectivity index (χ0v) is 12.2. The third kappa shape index (κ3) is 5.45. The van der Waals surface area contributed by atoms with E-state index in [1.807, 2.05) is 18.2 Å². The highest BCUT2D eigenvalue weighted by Crippen LogP contribution is 2.18. The second-order valence-electron chi connectivity index (χ2n) is 4.89. The van der Waals surface area contributed by atoms with Crippen molar-refractivity contribution in [1.82, 2.24) is 5.32 Å². The van der Waals surface area contributed by atoms with E-state index in [0.717, 1.165) is 17.9 Å². The Morgan fingerprint density at radius 3 is 2.68 bits per heavy atom. The van der Waals surface area contributed by atoms with Crippen LogP contribution in [-0.4, -0.2) is 26.4 Å². The monoisotopic (exact) mass is 263 g/mol. The molecule has 0 aromatic heterocycles. The molecule has 0 aliphatic carbocycles. The van der Waals surface area contributed by atoms with Crippen LogP contribution in [0.4, 0.5) is 0 Å². The van der Waals surface area contributed by atoms with Gasteiger partial charge < -0.3 is 14.8 Å². The van der Waals surface area contributed by atoms with Crippen molar-refractivity contribution in [1.29, 1.82) is 0 Å². The van der Waals surface area contributed by atoms with Crippen LogP contribution in [0.1, 0.15) is 19.4 Å². The molecule has 0 saturated carbocycles. The van der Waals surface area contributed by atoms with Crippen LogP contribution in [0, 0.1) is 5.92 Å². The molecule has 0 spiro atoms. The summed E-state index contributed by atoms with van der Waals surface area (Å²) in [5.74, 6) is 1.44. The lowest BCUT2D eigenvalue weighted by atomic mass is 10.0. The van der Waals surface area contributed by atoms with Crippen LogP contribution in [0.2, 0.25) is 0 Å². The summed E-state index contributed by atoms with van der Waals surface area (Å²) in [5, 5.41) is 3.52. The number of ether oxygens (including phenoxy) is 2. The van der Waals surface area contributed by atoms with E-state index in [1.54, 1.807) is 13.2 Å². The second-order valence-corrected chi connectivity index (χ2v) is 4.89. The topological polar surface area (TPSA) is 30.5 Å². The molecule has 1 unspecified atom stereocenters. The third-order valence-electron chi connectivity index (χ3n) is 3.03. The molecule has 3 nitrogen and oxygen atoms in total. The van der Waals surface area contributed by atoms with Gasteiger partial charge in [0.05, 0.1) is 6.61 Å². The largest absolute Gasteiger partial charge is 0.489 e. The first-order valence-corrected chi connectivity index (χ1v) is 6.73. The molecule has 3 heteroatoms. The normalized spacial score (nSPS) is 12.4. The minimum atomic E-state index is 0.345. The standard InChI is InChI=1S/C16H25NO2/c1-5-10-19-16-9-7-6-8-14(16)11-17-15(12-18-4)13(2)3/h5-9,13,15,17H,1,10-12H2,2-4H3. The van der Waals surface area contributed by atoms with Gasteiger partial charge in [-0.15, -0.1) is 0 Å². The van der Waals surface area contributed by atoms with Gasteiger partial charge in [-0.3, -0.25) is 0 Å². The van der Waals surface area contributed by atoms with Gasteiger partial charge in [0.2, 0.25) is 0 Å². The van der Waals surface area contributed by atoms with Gasteiger partial charge in [-0.2, -0.15) is 0 Å². The average Bonchev–Trinajstić information content (AvgIpc) is 2.41. The molecule has 1 rings (SSSR count). The van der Waals surface area contributed by atoms with Crippen LogP contribution in [0.3, 0.4) is 0 Å². The van der Waals surface area contributed by atoms with Crippen molar-refractivity contribution in [3.63, 3.8) is 0 Å². The van der Waals surface area contributed by atoms with Gasteiger partial charge in [0.1, 0.15) is 12.4 Å². The summed E-state index contributed by atoms with van der Waals surface area (Å²) in [4.78, 5) is 0. The maximum atomic E-state index is 5.65. The summed E-state index contributed by atoms with van der Waals surface area (Å²) in [7, 11) is 1.73. The predicted molar refractivity (Wildman–Crippen MR) is 79.5 cm³/mol. The van der Waals surface area contributed by atoms with Crippen molar-refractivity contribution in [3.05, 3.63) is 42.5 Å². The Morgan fingerprint density at radius 1 is 1.32 bits per heavy atom.